The fourth-order valence-electron chi connectivity index (χ4n) is 3.13. The Bertz CT molecular complexity index is 659. The third-order valence-electron chi connectivity index (χ3n) is 4.65. The molecule has 0 bridgehead atoms. The number of guanidine groups is 1. The molecule has 0 atom stereocenters. The Balaban J connectivity index is 0.00000392. The van der Waals surface area contributed by atoms with Gasteiger partial charge in [0, 0.05) is 31.6 Å². The van der Waals surface area contributed by atoms with Crippen molar-refractivity contribution in [3.63, 3.8) is 0 Å². The monoisotopic (exact) mass is 504 g/mol. The molecular formula is C20H33IN4O3. The second kappa shape index (κ2) is 12.0. The van der Waals surface area contributed by atoms with Crippen LogP contribution in [0.5, 0.6) is 11.5 Å². The van der Waals surface area contributed by atoms with E-state index >= 15 is 0 Å². The zero-order valence-corrected chi connectivity index (χ0v) is 19.5. The van der Waals surface area contributed by atoms with E-state index in [-0.39, 0.29) is 41.6 Å². The molecule has 8 heteroatoms. The lowest BCUT2D eigenvalue weighted by Gasteiger charge is -2.34. The number of phenols is 1. The quantitative estimate of drug-likeness (QED) is 0.315. The van der Waals surface area contributed by atoms with Crippen LogP contribution in [0.25, 0.3) is 0 Å². The Morgan fingerprint density at radius 1 is 1.36 bits per heavy atom. The number of rotatable bonds is 6. The molecule has 1 amide bonds. The maximum atomic E-state index is 12.1. The maximum absolute atomic E-state index is 12.1. The molecule has 1 aromatic rings. The molecule has 0 aliphatic carbocycles. The van der Waals surface area contributed by atoms with Crippen molar-refractivity contribution in [1.82, 2.24) is 15.5 Å². The molecule has 1 aliphatic heterocycles. The van der Waals surface area contributed by atoms with E-state index in [0.717, 1.165) is 44.0 Å². The number of aromatic hydroxyl groups is 1. The number of amides is 1. The number of ether oxygens (including phenoxy) is 1. The second-order valence-corrected chi connectivity index (χ2v) is 7.10. The van der Waals surface area contributed by atoms with Gasteiger partial charge in [-0.25, -0.2) is 4.99 Å². The number of hydrogen-bond acceptors (Lipinski definition) is 4. The van der Waals surface area contributed by atoms with E-state index in [0.29, 0.717) is 18.3 Å². The van der Waals surface area contributed by atoms with Gasteiger partial charge in [0.05, 0.1) is 13.7 Å². The predicted octanol–water partition coefficient (Wildman–Crippen LogP) is 2.72. The van der Waals surface area contributed by atoms with Gasteiger partial charge in [-0.2, -0.15) is 0 Å². The first-order valence-corrected chi connectivity index (χ1v) is 9.64. The number of nitrogens with one attached hydrogen (secondary N) is 2. The number of benzene rings is 1. The van der Waals surface area contributed by atoms with Gasteiger partial charge < -0.3 is 25.4 Å². The molecule has 0 aromatic heterocycles. The lowest BCUT2D eigenvalue weighted by molar-refractivity contribution is -0.135. The van der Waals surface area contributed by atoms with Gasteiger partial charge >= 0.3 is 0 Å². The highest BCUT2D eigenvalue weighted by atomic mass is 127. The van der Waals surface area contributed by atoms with Crippen LogP contribution in [0.4, 0.5) is 0 Å². The minimum Gasteiger partial charge on any atom is -0.504 e. The van der Waals surface area contributed by atoms with Gasteiger partial charge in [-0.15, -0.1) is 24.0 Å². The first-order chi connectivity index (χ1) is 12.9. The number of aliphatic imine (C=N–C) groups is 1. The molecule has 28 heavy (non-hydrogen) atoms. The van der Waals surface area contributed by atoms with Crippen molar-refractivity contribution < 1.29 is 14.6 Å². The molecule has 3 N–H and O–H groups in total. The summed E-state index contributed by atoms with van der Waals surface area (Å²) >= 11 is 0. The molecule has 0 spiro atoms. The molecule has 1 aliphatic rings. The molecule has 2 rings (SSSR count). The number of halogens is 1. The molecule has 1 heterocycles. The number of nitrogens with zero attached hydrogens (tertiary/aromatic N) is 2. The third-order valence-corrected chi connectivity index (χ3v) is 4.65. The fraction of sp³-hybridized carbons (Fsp3) is 0.600. The minimum atomic E-state index is 0. The van der Waals surface area contributed by atoms with E-state index in [2.05, 4.69) is 15.6 Å². The van der Waals surface area contributed by atoms with Crippen LogP contribution < -0.4 is 15.4 Å². The van der Waals surface area contributed by atoms with Crippen molar-refractivity contribution in [3.05, 3.63) is 23.8 Å². The zero-order chi connectivity index (χ0) is 19.8. The molecule has 0 unspecified atom stereocenters. The zero-order valence-electron chi connectivity index (χ0n) is 17.2. The summed E-state index contributed by atoms with van der Waals surface area (Å²) in [5.41, 5.74) is 0.905. The Labute approximate surface area is 185 Å². The van der Waals surface area contributed by atoms with Crippen molar-refractivity contribution in [2.45, 2.75) is 46.2 Å². The van der Waals surface area contributed by atoms with Crippen molar-refractivity contribution >= 4 is 35.8 Å². The molecule has 158 valence electrons. The van der Waals surface area contributed by atoms with Crippen molar-refractivity contribution in [2.24, 2.45) is 10.9 Å². The molecule has 1 fully saturated rings. The van der Waals surface area contributed by atoms with Gasteiger partial charge in [-0.1, -0.05) is 19.9 Å². The standard InChI is InChI=1S/C20H32N4O3.HI/c1-5-21-20(22-13-15-6-7-18(27-4)17(25)12-15)23-16-8-10-24(11-9-16)19(26)14(2)3;/h6-7,12,14,16,25H,5,8-11,13H2,1-4H3,(H2,21,22,23);1H. The Morgan fingerprint density at radius 3 is 2.57 bits per heavy atom. The average molecular weight is 504 g/mol. The topological polar surface area (TPSA) is 86.2 Å². The number of piperidine rings is 1. The van der Waals surface area contributed by atoms with E-state index in [4.69, 9.17) is 4.74 Å². The fourth-order valence-corrected chi connectivity index (χ4v) is 3.13. The highest BCUT2D eigenvalue weighted by Gasteiger charge is 2.24. The first kappa shape index (κ1) is 24.3. The predicted molar refractivity (Wildman–Crippen MR) is 122 cm³/mol. The summed E-state index contributed by atoms with van der Waals surface area (Å²) in [6.45, 7) is 8.70. The van der Waals surface area contributed by atoms with E-state index in [1.807, 2.05) is 31.7 Å². The largest absolute Gasteiger partial charge is 0.504 e. The van der Waals surface area contributed by atoms with Crippen LogP contribution in [-0.2, 0) is 11.3 Å². The van der Waals surface area contributed by atoms with Crippen LogP contribution in [0.3, 0.4) is 0 Å². The van der Waals surface area contributed by atoms with E-state index in [1.165, 1.54) is 7.11 Å². The third kappa shape index (κ3) is 7.03. The highest BCUT2D eigenvalue weighted by molar-refractivity contribution is 14.0. The summed E-state index contributed by atoms with van der Waals surface area (Å²) < 4.78 is 5.07. The van der Waals surface area contributed by atoms with Crippen LogP contribution in [0.15, 0.2) is 23.2 Å². The highest BCUT2D eigenvalue weighted by Crippen LogP contribution is 2.26. The number of phenolic OH excluding ortho intramolecular Hbond substituents is 1. The van der Waals surface area contributed by atoms with Crippen LogP contribution >= 0.6 is 24.0 Å². The van der Waals surface area contributed by atoms with Crippen molar-refractivity contribution in [2.75, 3.05) is 26.7 Å². The van der Waals surface area contributed by atoms with Crippen LogP contribution in [-0.4, -0.2) is 54.7 Å². The molecule has 0 saturated carbocycles. The van der Waals surface area contributed by atoms with Gasteiger partial charge in [0.15, 0.2) is 17.5 Å². The number of hydrogen-bond donors (Lipinski definition) is 3. The summed E-state index contributed by atoms with van der Waals surface area (Å²) in [6, 6.07) is 5.59. The Morgan fingerprint density at radius 2 is 2.04 bits per heavy atom. The Kier molecular flexibility index (Phi) is 10.4. The lowest BCUT2D eigenvalue weighted by Crippen LogP contribution is -2.50. The summed E-state index contributed by atoms with van der Waals surface area (Å²) in [7, 11) is 1.53. The Hall–Kier alpha value is -1.71. The van der Waals surface area contributed by atoms with Crippen LogP contribution in [0, 0.1) is 5.92 Å². The van der Waals surface area contributed by atoms with Crippen LogP contribution in [0.1, 0.15) is 39.2 Å². The van der Waals surface area contributed by atoms with Gasteiger partial charge in [0.25, 0.3) is 0 Å². The lowest BCUT2D eigenvalue weighted by atomic mass is 10.0. The first-order valence-electron chi connectivity index (χ1n) is 9.64. The maximum Gasteiger partial charge on any atom is 0.225 e. The SMILES string of the molecule is CCNC(=NCc1ccc(OC)c(O)c1)NC1CCN(C(=O)C(C)C)CC1.I. The number of likely N-dealkylation sites (tertiary alicyclic amines) is 1. The number of carbonyl (C=O) groups is 1. The van der Waals surface area contributed by atoms with E-state index < -0.39 is 0 Å². The van der Waals surface area contributed by atoms with Crippen LogP contribution in [0.2, 0.25) is 0 Å². The molecular weight excluding hydrogens is 471 g/mol. The van der Waals surface area contributed by atoms with Gasteiger partial charge in [-0.05, 0) is 37.5 Å². The summed E-state index contributed by atoms with van der Waals surface area (Å²) in [6.07, 6.45) is 1.82. The van der Waals surface area contributed by atoms with Crippen molar-refractivity contribution in [1.29, 1.82) is 0 Å². The molecule has 7 nitrogen and oxygen atoms in total. The smallest absolute Gasteiger partial charge is 0.225 e. The van der Waals surface area contributed by atoms with E-state index in [9.17, 15) is 9.90 Å². The second-order valence-electron chi connectivity index (χ2n) is 7.10. The van der Waals surface area contributed by atoms with E-state index in [1.54, 1.807) is 12.1 Å². The molecule has 0 radical (unpaired) electrons. The minimum absolute atomic E-state index is 0. The normalized spacial score (nSPS) is 15.2. The van der Waals surface area contributed by atoms with Gasteiger partial charge in [-0.3, -0.25) is 4.79 Å². The summed E-state index contributed by atoms with van der Waals surface area (Å²) in [5, 5.41) is 16.6. The number of methoxy groups -OCH3 is 1. The number of carbonyl (C=O) groups excluding carboxylic acids is 1. The summed E-state index contributed by atoms with van der Waals surface area (Å²) in [5.74, 6) is 1.60. The molecule has 1 saturated heterocycles. The summed E-state index contributed by atoms with van der Waals surface area (Å²) in [4.78, 5) is 18.7. The van der Waals surface area contributed by atoms with Gasteiger partial charge in [0.2, 0.25) is 5.91 Å². The average Bonchev–Trinajstić information content (AvgIpc) is 2.66. The molecule has 1 aromatic carbocycles. The van der Waals surface area contributed by atoms with Gasteiger partial charge in [0.1, 0.15) is 0 Å². The van der Waals surface area contributed by atoms with Crippen molar-refractivity contribution in [3.8, 4) is 11.5 Å².